The van der Waals surface area contributed by atoms with E-state index in [0.29, 0.717) is 26.2 Å². The number of phenols is 3. The summed E-state index contributed by atoms with van der Waals surface area (Å²) in [7, 11) is 3.42. The lowest BCUT2D eigenvalue weighted by molar-refractivity contribution is -0.160. The van der Waals surface area contributed by atoms with Gasteiger partial charge in [0.25, 0.3) is 11.7 Å². The first-order chi connectivity index (χ1) is 41.0. The van der Waals surface area contributed by atoms with E-state index in [9.17, 15) is 59.0 Å². The number of likely N-dealkylation sites (N-methyl/N-ethyl adjacent to an activating group) is 1. The number of carbonyl (C=O) groups excluding carboxylic acids is 3. The maximum absolute atomic E-state index is 15.0. The molecule has 22 nitrogen and oxygen atoms in total. The minimum absolute atomic E-state index is 0.00645. The highest BCUT2D eigenvalue weighted by Gasteiger charge is 2.55. The number of carboxylic acid groups (broad SMARTS) is 1. The molecule has 2 saturated carbocycles. The van der Waals surface area contributed by atoms with Gasteiger partial charge >= 0.3 is 17.7 Å². The number of hydrogen-bond acceptors (Lipinski definition) is 19. The monoisotopic (exact) mass is 1230 g/mol. The number of aliphatic hydroxyl groups excluding tert-OH is 2. The molecule has 7 aliphatic rings. The molecule has 4 aromatic rings. The lowest BCUT2D eigenvalue weighted by Crippen LogP contribution is -2.46. The number of allylic oxidation sites excluding steroid dienone is 2. The van der Waals surface area contributed by atoms with Crippen molar-refractivity contribution < 1.29 is 77.5 Å². The van der Waals surface area contributed by atoms with Crippen LogP contribution in [-0.2, 0) is 23.8 Å². The van der Waals surface area contributed by atoms with Crippen LogP contribution in [-0.4, -0.2) is 171 Å². The number of benzene rings is 3. The molecule has 5 bridgehead atoms. The molecular weight excluding hydrogens is 1160 g/mol. The number of carbonyl (C=O) groups is 4. The van der Waals surface area contributed by atoms with E-state index >= 15 is 4.39 Å². The number of nitrogens with one attached hydrogen (secondary N) is 1. The lowest BCUT2D eigenvalue weighted by Gasteiger charge is -2.38. The third-order valence-electron chi connectivity index (χ3n) is 18.2. The van der Waals surface area contributed by atoms with Crippen molar-refractivity contribution in [1.82, 2.24) is 14.5 Å². The number of nitrogens with zero attached hydrogens (tertiary/aromatic N) is 5. The first-order valence-corrected chi connectivity index (χ1v) is 29.3. The number of aromatic nitrogens is 1. The molecule has 470 valence electrons. The van der Waals surface area contributed by atoms with Crippen LogP contribution in [0.4, 0.5) is 20.2 Å². The van der Waals surface area contributed by atoms with Crippen LogP contribution in [0, 0.1) is 41.8 Å². The quantitative estimate of drug-likeness (QED) is 0.0398. The van der Waals surface area contributed by atoms with Crippen molar-refractivity contribution in [2.45, 2.75) is 123 Å². The number of halogens is 3. The van der Waals surface area contributed by atoms with Gasteiger partial charge in [-0.1, -0.05) is 57.5 Å². The first kappa shape index (κ1) is 64.1. The molecule has 1 amide bonds. The number of alkyl halides is 1. The Morgan fingerprint density at radius 3 is 2.23 bits per heavy atom. The first-order valence-electron chi connectivity index (χ1n) is 29.0. The van der Waals surface area contributed by atoms with Gasteiger partial charge in [0.15, 0.2) is 5.75 Å². The van der Waals surface area contributed by atoms with E-state index in [4.69, 9.17) is 36.3 Å². The molecule has 6 heterocycles. The largest absolute Gasteiger partial charge is 0.507 e. The number of phenolic OH excluding ortho intramolecular Hbond substituents is 3. The summed E-state index contributed by atoms with van der Waals surface area (Å²) in [6.45, 7) is 16.1. The summed E-state index contributed by atoms with van der Waals surface area (Å²) in [5.74, 6) is -10.5. The highest BCUT2D eigenvalue weighted by atomic mass is 35.5. The third kappa shape index (κ3) is 12.1. The normalized spacial score (nSPS) is 30.6. The Morgan fingerprint density at radius 2 is 1.63 bits per heavy atom. The van der Waals surface area contributed by atoms with Gasteiger partial charge in [-0.3, -0.25) is 24.2 Å². The van der Waals surface area contributed by atoms with Gasteiger partial charge in [-0.25, -0.2) is 13.6 Å². The maximum Gasteiger partial charge on any atom is 0.341 e. The Kier molecular flexibility index (Phi) is 18.2. The number of aromatic carboxylic acids is 1. The van der Waals surface area contributed by atoms with E-state index in [-0.39, 0.29) is 84.0 Å². The average molecular weight is 1230 g/mol. The van der Waals surface area contributed by atoms with Gasteiger partial charge in [0.05, 0.1) is 80.6 Å². The Morgan fingerprint density at radius 1 is 0.966 bits per heavy atom. The standard InChI is InChI=1S/C43H58N4O12.C19H18ClF2N3O3/c1-21-12-11-13-22(2)42(55)45-33-28(20-44-47-17-15-46(9)16-18-47)37(52)30-31(38(33)53)36(51)26(6)40-32(30)41(54)43(8,59-40)57-19-14-29(56-10)23(3)39(58-27(7)48)25(5)35(50)24(4)34(21)49;20-14-15-8(17(26)9(18(27)28)5-25(15)12-4-10(12)21)3-11(22)16(14)24-6-13(23)19(7-24)1-2-19/h11-14,19-21,23-25,29,34-35,39,49-53H,15-18H2,1-10H3,(H,45,55);3,5,10,12-13H,1-2,4,6-7,23H2,(H,27,28)/b12-11+,19-14+,22-13-,44-20-;/t21-,23-,24-,25-,29+,34+,35+,39-,43+;10-,12+,13+/m10/s1. The van der Waals surface area contributed by atoms with E-state index in [1.165, 1.54) is 64.0 Å². The van der Waals surface area contributed by atoms with E-state index in [0.717, 1.165) is 38.2 Å². The molecule has 25 heteroatoms. The number of pyridine rings is 1. The number of amides is 1. The van der Waals surface area contributed by atoms with Crippen LogP contribution in [0.5, 0.6) is 23.0 Å². The predicted octanol–water partition coefficient (Wildman–Crippen LogP) is 7.04. The molecule has 0 radical (unpaired) electrons. The number of ether oxygens (including phenoxy) is 4. The summed E-state index contributed by atoms with van der Waals surface area (Å²) >= 11 is 6.56. The van der Waals surface area contributed by atoms with Crippen molar-refractivity contribution in [2.75, 3.05) is 63.6 Å². The number of anilines is 2. The molecule has 2 aliphatic carbocycles. The summed E-state index contributed by atoms with van der Waals surface area (Å²) < 4.78 is 53.8. The number of nitrogens with two attached hydrogens (primary N) is 1. The number of rotatable bonds is 7. The highest BCUT2D eigenvalue weighted by molar-refractivity contribution is 6.38. The molecule has 4 fully saturated rings. The molecule has 1 spiro atoms. The molecule has 12 atom stereocenters. The topological polar surface area (TPSA) is 309 Å². The number of ketones is 1. The summed E-state index contributed by atoms with van der Waals surface area (Å²) in [5, 5.41) is 76.0. The molecule has 2 saturated heterocycles. The van der Waals surface area contributed by atoms with Crippen LogP contribution in [0.25, 0.3) is 21.7 Å². The summed E-state index contributed by atoms with van der Waals surface area (Å²) in [6.07, 6.45) is 6.97. The van der Waals surface area contributed by atoms with E-state index in [1.54, 1.807) is 49.8 Å². The molecule has 9 N–H and O–H groups in total. The second-order valence-corrected chi connectivity index (χ2v) is 24.7. The third-order valence-corrected chi connectivity index (χ3v) is 18.6. The Bertz CT molecular complexity index is 3620. The van der Waals surface area contributed by atoms with Gasteiger partial charge in [0.2, 0.25) is 5.43 Å². The Hall–Kier alpha value is -7.35. The van der Waals surface area contributed by atoms with Crippen LogP contribution < -0.4 is 26.1 Å². The SMILES string of the molecule is CO[C@H]1/C=C/O[C@@]2(C)Oc3c(C)c(O)c4c(O)c(c(/C=N\N5CCN(C)CC5)c(O)c4c3C2=O)NC(=O)/C(C)=C\C=C\[C@@H](C)[C@H](O)[C@@H](C)[C@H](O)[C@@H](C)[C@H](OC(C)=O)[C@@H]1C.N[C@@H]1CN(c2c(F)cc3c(=O)c(C(=O)O)cn([C@@H]4C[C@@H]4F)c3c2Cl)CC12CC2. The maximum atomic E-state index is 15.0. The van der Waals surface area contributed by atoms with E-state index in [1.807, 2.05) is 7.05 Å². The number of aliphatic hydroxyl groups is 2. The molecular formula is C62H76ClF2N7O15. The number of esters is 1. The summed E-state index contributed by atoms with van der Waals surface area (Å²) in [4.78, 5) is 68.5. The van der Waals surface area contributed by atoms with Gasteiger partial charge < -0.3 is 75.0 Å². The molecule has 5 aliphatic heterocycles. The minimum atomic E-state index is -2.04. The van der Waals surface area contributed by atoms with E-state index in [2.05, 4.69) is 15.3 Å². The zero-order chi connectivity index (χ0) is 63.6. The molecule has 1 aromatic heterocycles. The van der Waals surface area contributed by atoms with Crippen LogP contribution in [0.1, 0.15) is 106 Å². The fourth-order valence-electron chi connectivity index (χ4n) is 12.4. The zero-order valence-corrected chi connectivity index (χ0v) is 50.9. The summed E-state index contributed by atoms with van der Waals surface area (Å²) in [6, 6.07) is 0.308. The van der Waals surface area contributed by atoms with Gasteiger partial charge in [0.1, 0.15) is 40.9 Å². The van der Waals surface area contributed by atoms with Gasteiger partial charge in [-0.15, -0.1) is 0 Å². The molecule has 11 rings (SSSR count). The predicted molar refractivity (Wildman–Crippen MR) is 321 cm³/mol. The number of hydrogen-bond donors (Lipinski definition) is 8. The van der Waals surface area contributed by atoms with Crippen LogP contribution >= 0.6 is 11.6 Å². The Labute approximate surface area is 506 Å². The number of fused-ring (bicyclic) bond motifs is 15. The van der Waals surface area contributed by atoms with Crippen molar-refractivity contribution in [3.05, 3.63) is 91.7 Å². The average Bonchev–Trinajstić information content (AvgIpc) is 1.67. The second-order valence-electron chi connectivity index (χ2n) is 24.3. The lowest BCUT2D eigenvalue weighted by atomic mass is 9.78. The van der Waals surface area contributed by atoms with E-state index < -0.39 is 124 Å². The van der Waals surface area contributed by atoms with Crippen molar-refractivity contribution >= 4 is 74.5 Å². The van der Waals surface area contributed by atoms with Gasteiger partial charge in [-0.2, -0.15) is 5.10 Å². The molecule has 87 heavy (non-hydrogen) atoms. The fraction of sp³-hybridized carbons (Fsp3) is 0.516. The summed E-state index contributed by atoms with van der Waals surface area (Å²) in [5.41, 5.74) is 4.80. The second kappa shape index (κ2) is 24.7. The van der Waals surface area contributed by atoms with Crippen LogP contribution in [0.2, 0.25) is 5.02 Å². The number of aromatic hydroxyl groups is 3. The highest BCUT2D eigenvalue weighted by Crippen LogP contribution is 2.56. The number of carboxylic acids is 1. The van der Waals surface area contributed by atoms with Gasteiger partial charge in [-0.05, 0) is 45.9 Å². The van der Waals surface area contributed by atoms with Crippen molar-refractivity contribution in [3.63, 3.8) is 0 Å². The number of Topliss-reactive ketones (excluding diaryl/α,β-unsaturated/α-hetero) is 1. The number of hydrazone groups is 1. The van der Waals surface area contributed by atoms with Crippen LogP contribution in [0.15, 0.2) is 58.3 Å². The fourth-order valence-corrected chi connectivity index (χ4v) is 12.8. The van der Waals surface area contributed by atoms with Crippen molar-refractivity contribution in [3.8, 4) is 23.0 Å². The smallest absolute Gasteiger partial charge is 0.341 e. The molecule has 0 unspecified atom stereocenters. The van der Waals surface area contributed by atoms with Gasteiger partial charge in [0, 0.05) is 124 Å². The van der Waals surface area contributed by atoms with Crippen molar-refractivity contribution in [2.24, 2.45) is 39.9 Å². The minimum Gasteiger partial charge on any atom is -0.507 e. The Balaban J connectivity index is 0.000000265. The number of piperazine rings is 1. The zero-order valence-electron chi connectivity index (χ0n) is 50.1. The molecule has 3 aromatic carbocycles. The number of methoxy groups -OCH3 is 1. The van der Waals surface area contributed by atoms with Crippen molar-refractivity contribution in [1.29, 1.82) is 0 Å². The van der Waals surface area contributed by atoms with Crippen LogP contribution in [0.3, 0.4) is 0 Å².